The van der Waals surface area contributed by atoms with E-state index in [9.17, 15) is 9.59 Å². The maximum absolute atomic E-state index is 12.5. The molecule has 0 unspecified atom stereocenters. The van der Waals surface area contributed by atoms with Gasteiger partial charge < -0.3 is 15.1 Å². The summed E-state index contributed by atoms with van der Waals surface area (Å²) in [5.41, 5.74) is 1.29. The molecule has 0 spiro atoms. The van der Waals surface area contributed by atoms with Crippen molar-refractivity contribution in [2.45, 2.75) is 24.9 Å². The van der Waals surface area contributed by atoms with Gasteiger partial charge in [0.15, 0.2) is 5.78 Å². The number of rotatable bonds is 3. The van der Waals surface area contributed by atoms with Crippen molar-refractivity contribution in [1.82, 2.24) is 15.1 Å². The number of Topliss-reactive ketones (excluding diaryl/α,β-unsaturated/α-hetero) is 1. The lowest BCUT2D eigenvalue weighted by Gasteiger charge is -2.39. The first-order valence-electron chi connectivity index (χ1n) is 9.28. The molecule has 6 nitrogen and oxygen atoms in total. The topological polar surface area (TPSA) is 55.9 Å². The van der Waals surface area contributed by atoms with Crippen LogP contribution in [-0.4, -0.2) is 79.4 Å². The van der Waals surface area contributed by atoms with Gasteiger partial charge in [-0.1, -0.05) is 18.2 Å². The van der Waals surface area contributed by atoms with Crippen LogP contribution >= 0.6 is 0 Å². The highest BCUT2D eigenvalue weighted by Gasteiger charge is 2.37. The van der Waals surface area contributed by atoms with Gasteiger partial charge in [-0.05, 0) is 18.6 Å². The summed E-state index contributed by atoms with van der Waals surface area (Å²) in [6, 6.07) is 10.9. The Morgan fingerprint density at radius 1 is 1.04 bits per heavy atom. The molecule has 4 rings (SSSR count). The second-order valence-corrected chi connectivity index (χ2v) is 7.26. The zero-order chi connectivity index (χ0) is 17.2. The Labute approximate surface area is 148 Å². The van der Waals surface area contributed by atoms with Gasteiger partial charge in [0.25, 0.3) is 0 Å². The molecule has 0 aliphatic carbocycles. The molecule has 1 amide bonds. The molecule has 3 saturated heterocycles. The van der Waals surface area contributed by atoms with Gasteiger partial charge >= 0.3 is 0 Å². The third-order valence-corrected chi connectivity index (χ3v) is 5.70. The third kappa shape index (κ3) is 3.55. The molecule has 1 aromatic carbocycles. The van der Waals surface area contributed by atoms with Crippen LogP contribution in [0.15, 0.2) is 30.3 Å². The largest absolute Gasteiger partial charge is 0.369 e. The Morgan fingerprint density at radius 2 is 1.80 bits per heavy atom. The van der Waals surface area contributed by atoms with E-state index in [2.05, 4.69) is 45.4 Å². The molecule has 0 saturated carbocycles. The fourth-order valence-electron chi connectivity index (χ4n) is 4.21. The molecule has 0 aromatic heterocycles. The maximum Gasteiger partial charge on any atom is 0.240 e. The minimum Gasteiger partial charge on any atom is -0.369 e. The second kappa shape index (κ2) is 7.14. The van der Waals surface area contributed by atoms with Crippen LogP contribution < -0.4 is 10.2 Å². The van der Waals surface area contributed by atoms with Crippen molar-refractivity contribution >= 4 is 17.4 Å². The quantitative estimate of drug-likeness (QED) is 0.859. The van der Waals surface area contributed by atoms with E-state index in [0.717, 1.165) is 39.1 Å². The Balaban J connectivity index is 1.28. The van der Waals surface area contributed by atoms with E-state index in [1.165, 1.54) is 5.69 Å². The van der Waals surface area contributed by atoms with Crippen LogP contribution in [0.4, 0.5) is 5.69 Å². The Kier molecular flexibility index (Phi) is 4.72. The lowest BCUT2D eigenvalue weighted by Crippen LogP contribution is -2.51. The molecule has 1 N–H and O–H groups in total. The number of para-hydroxylation sites is 1. The van der Waals surface area contributed by atoms with Crippen molar-refractivity contribution in [2.24, 2.45) is 0 Å². The number of anilines is 1. The van der Waals surface area contributed by atoms with E-state index < -0.39 is 0 Å². The Hall–Kier alpha value is -1.92. The number of carbonyl (C=O) groups excluding carboxylic acids is 2. The molecule has 0 radical (unpaired) electrons. The van der Waals surface area contributed by atoms with Crippen molar-refractivity contribution in [1.29, 1.82) is 0 Å². The minimum absolute atomic E-state index is 0.108. The number of hydrogen-bond donors (Lipinski definition) is 1. The van der Waals surface area contributed by atoms with E-state index in [1.807, 2.05) is 0 Å². The zero-order valence-corrected chi connectivity index (χ0v) is 14.6. The predicted octanol–water partition coefficient (Wildman–Crippen LogP) is 0.341. The summed E-state index contributed by atoms with van der Waals surface area (Å²) in [6.45, 7) is 5.88. The van der Waals surface area contributed by atoms with E-state index in [1.54, 1.807) is 4.90 Å². The number of nitrogens with zero attached hydrogens (tertiary/aromatic N) is 3. The highest BCUT2D eigenvalue weighted by atomic mass is 16.2. The molecule has 0 bridgehead atoms. The number of nitrogens with one attached hydrogen (secondary N) is 1. The van der Waals surface area contributed by atoms with Gasteiger partial charge in [0.2, 0.25) is 5.91 Å². The Bertz CT molecular complexity index is 628. The SMILES string of the molecule is O=C1CCN(C(=O)[C@@H]2C[C@H](N3CCN(c4ccccc4)CC3)CN2)C1. The van der Waals surface area contributed by atoms with Crippen LogP contribution in [-0.2, 0) is 9.59 Å². The van der Waals surface area contributed by atoms with Gasteiger partial charge in [-0.3, -0.25) is 14.5 Å². The standard InChI is InChI=1S/C19H26N4O2/c24-17-6-7-23(14-17)19(25)18-12-16(13-20-18)22-10-8-21(9-11-22)15-4-2-1-3-5-15/h1-5,16,18,20H,6-14H2/t16-,18-/m0/s1. The van der Waals surface area contributed by atoms with E-state index in [4.69, 9.17) is 0 Å². The molecule has 3 fully saturated rings. The van der Waals surface area contributed by atoms with E-state index in [0.29, 0.717) is 25.6 Å². The maximum atomic E-state index is 12.5. The summed E-state index contributed by atoms with van der Waals surface area (Å²) >= 11 is 0. The summed E-state index contributed by atoms with van der Waals surface area (Å²) in [7, 11) is 0. The number of carbonyl (C=O) groups is 2. The molecule has 2 atom stereocenters. The molecular weight excluding hydrogens is 316 g/mol. The normalized spacial score (nSPS) is 27.9. The third-order valence-electron chi connectivity index (χ3n) is 5.70. The van der Waals surface area contributed by atoms with Gasteiger partial charge in [-0.25, -0.2) is 0 Å². The number of benzene rings is 1. The number of amides is 1. The smallest absolute Gasteiger partial charge is 0.240 e. The van der Waals surface area contributed by atoms with Crippen molar-refractivity contribution in [3.63, 3.8) is 0 Å². The first-order valence-corrected chi connectivity index (χ1v) is 9.28. The first-order chi connectivity index (χ1) is 12.2. The average molecular weight is 342 g/mol. The fourth-order valence-corrected chi connectivity index (χ4v) is 4.21. The molecule has 134 valence electrons. The van der Waals surface area contributed by atoms with Gasteiger partial charge in [-0.2, -0.15) is 0 Å². The van der Waals surface area contributed by atoms with Crippen LogP contribution in [0.2, 0.25) is 0 Å². The van der Waals surface area contributed by atoms with Gasteiger partial charge in [0, 0.05) is 57.4 Å². The monoisotopic (exact) mass is 342 g/mol. The van der Waals surface area contributed by atoms with E-state index >= 15 is 0 Å². The Morgan fingerprint density at radius 3 is 2.48 bits per heavy atom. The minimum atomic E-state index is -0.122. The molecule has 3 aliphatic rings. The van der Waals surface area contributed by atoms with Crippen LogP contribution in [0.1, 0.15) is 12.8 Å². The van der Waals surface area contributed by atoms with Crippen molar-refractivity contribution in [3.05, 3.63) is 30.3 Å². The lowest BCUT2D eigenvalue weighted by molar-refractivity contribution is -0.133. The summed E-state index contributed by atoms with van der Waals surface area (Å²) in [6.07, 6.45) is 1.37. The molecule has 25 heavy (non-hydrogen) atoms. The predicted molar refractivity (Wildman–Crippen MR) is 96.6 cm³/mol. The number of likely N-dealkylation sites (tertiary alicyclic amines) is 1. The average Bonchev–Trinajstić information content (AvgIpc) is 3.31. The van der Waals surface area contributed by atoms with Crippen molar-refractivity contribution < 1.29 is 9.59 Å². The van der Waals surface area contributed by atoms with Crippen LogP contribution in [0.3, 0.4) is 0 Å². The number of hydrogen-bond acceptors (Lipinski definition) is 5. The highest BCUT2D eigenvalue weighted by molar-refractivity contribution is 5.91. The van der Waals surface area contributed by atoms with Crippen LogP contribution in [0.5, 0.6) is 0 Å². The summed E-state index contributed by atoms with van der Waals surface area (Å²) in [5.74, 6) is 0.288. The van der Waals surface area contributed by atoms with Gasteiger partial charge in [-0.15, -0.1) is 0 Å². The van der Waals surface area contributed by atoms with Gasteiger partial charge in [0.1, 0.15) is 0 Å². The molecule has 3 aliphatic heterocycles. The van der Waals surface area contributed by atoms with Crippen molar-refractivity contribution in [2.75, 3.05) is 50.7 Å². The number of ketones is 1. The molecule has 1 aromatic rings. The molecule has 3 heterocycles. The first kappa shape index (κ1) is 16.5. The second-order valence-electron chi connectivity index (χ2n) is 7.26. The lowest BCUT2D eigenvalue weighted by atomic mass is 10.1. The summed E-state index contributed by atoms with van der Waals surface area (Å²) in [4.78, 5) is 30.6. The summed E-state index contributed by atoms with van der Waals surface area (Å²) in [5, 5.41) is 3.38. The zero-order valence-electron chi connectivity index (χ0n) is 14.6. The van der Waals surface area contributed by atoms with Crippen LogP contribution in [0, 0.1) is 0 Å². The molecular formula is C19H26N4O2. The summed E-state index contributed by atoms with van der Waals surface area (Å²) < 4.78 is 0. The fraction of sp³-hybridized carbons (Fsp3) is 0.579. The molecule has 6 heteroatoms. The van der Waals surface area contributed by atoms with E-state index in [-0.39, 0.29) is 17.7 Å². The number of piperazine rings is 1. The van der Waals surface area contributed by atoms with Crippen molar-refractivity contribution in [3.8, 4) is 0 Å². The highest BCUT2D eigenvalue weighted by Crippen LogP contribution is 2.21. The van der Waals surface area contributed by atoms with Gasteiger partial charge in [0.05, 0.1) is 12.6 Å². The van der Waals surface area contributed by atoms with Crippen LogP contribution in [0.25, 0.3) is 0 Å².